The fourth-order valence-electron chi connectivity index (χ4n) is 2.59. The van der Waals surface area contributed by atoms with Crippen LogP contribution in [0.3, 0.4) is 0 Å². The highest BCUT2D eigenvalue weighted by Gasteiger charge is 2.25. The molecule has 0 saturated carbocycles. The lowest BCUT2D eigenvalue weighted by molar-refractivity contribution is 0.0813. The summed E-state index contributed by atoms with van der Waals surface area (Å²) >= 11 is 0. The summed E-state index contributed by atoms with van der Waals surface area (Å²) in [6.45, 7) is 1.68. The van der Waals surface area contributed by atoms with E-state index >= 15 is 0 Å². The normalized spacial score (nSPS) is 11.6. The molecule has 0 fully saturated rings. The fraction of sp³-hybridized carbons (Fsp3) is 0.100. The van der Waals surface area contributed by atoms with Crippen molar-refractivity contribution in [3.63, 3.8) is 0 Å². The summed E-state index contributed by atoms with van der Waals surface area (Å²) in [7, 11) is 0. The number of nitrogens with zero attached hydrogens (tertiary/aromatic N) is 2. The molecule has 3 aromatic rings. The fourth-order valence-corrected chi connectivity index (χ4v) is 2.59. The standard InChI is InChI=1S/C20H17N3O3/c1-14-12-17(24)21-13-23(14)19(18(25)15-8-4-2-5-9-15)22-20(26)16-10-6-3-7-11-16/h2-13,19H,1H3,(H,22,26). The van der Waals surface area contributed by atoms with Crippen LogP contribution in [0.15, 0.2) is 77.9 Å². The SMILES string of the molecule is Cc1cc(=O)ncn1C(NC(=O)c1ccccc1)C(=O)c1ccccc1. The van der Waals surface area contributed by atoms with Crippen LogP contribution in [-0.4, -0.2) is 21.2 Å². The van der Waals surface area contributed by atoms with Gasteiger partial charge in [-0.1, -0.05) is 48.5 Å². The largest absolute Gasteiger partial charge is 0.325 e. The Morgan fingerprint density at radius 3 is 2.12 bits per heavy atom. The van der Waals surface area contributed by atoms with E-state index in [4.69, 9.17) is 0 Å². The summed E-state index contributed by atoms with van der Waals surface area (Å²) < 4.78 is 1.48. The maximum absolute atomic E-state index is 13.0. The summed E-state index contributed by atoms with van der Waals surface area (Å²) in [6, 6.07) is 18.6. The van der Waals surface area contributed by atoms with E-state index in [1.165, 1.54) is 17.0 Å². The molecule has 0 saturated heterocycles. The minimum atomic E-state index is -1.02. The zero-order valence-corrected chi connectivity index (χ0v) is 14.1. The average molecular weight is 347 g/mol. The maximum Gasteiger partial charge on any atom is 0.272 e. The summed E-state index contributed by atoms with van der Waals surface area (Å²) in [6.07, 6.45) is 0.257. The Balaban J connectivity index is 2.00. The molecule has 1 aromatic heterocycles. The Bertz CT molecular complexity index is 982. The Morgan fingerprint density at radius 2 is 1.54 bits per heavy atom. The molecule has 0 aliphatic rings. The third-order valence-electron chi connectivity index (χ3n) is 3.94. The van der Waals surface area contributed by atoms with Gasteiger partial charge in [0, 0.05) is 22.9 Å². The number of Topliss-reactive ketones (excluding diaryl/α,β-unsaturated/α-hetero) is 1. The van der Waals surface area contributed by atoms with Crippen LogP contribution in [0.5, 0.6) is 0 Å². The Morgan fingerprint density at radius 1 is 0.962 bits per heavy atom. The van der Waals surface area contributed by atoms with E-state index < -0.39 is 17.6 Å². The third kappa shape index (κ3) is 3.75. The van der Waals surface area contributed by atoms with Gasteiger partial charge in [-0.3, -0.25) is 14.4 Å². The van der Waals surface area contributed by atoms with Gasteiger partial charge in [-0.15, -0.1) is 0 Å². The smallest absolute Gasteiger partial charge is 0.272 e. The van der Waals surface area contributed by atoms with Crippen molar-refractivity contribution in [1.82, 2.24) is 14.9 Å². The first-order valence-electron chi connectivity index (χ1n) is 8.06. The molecular weight excluding hydrogens is 330 g/mol. The van der Waals surface area contributed by atoms with Gasteiger partial charge in [0.1, 0.15) is 6.33 Å². The van der Waals surface area contributed by atoms with Gasteiger partial charge in [0.15, 0.2) is 6.17 Å². The molecule has 130 valence electrons. The van der Waals surface area contributed by atoms with Crippen molar-refractivity contribution < 1.29 is 9.59 Å². The molecule has 1 N–H and O–H groups in total. The number of hydrogen-bond acceptors (Lipinski definition) is 4. The van der Waals surface area contributed by atoms with Crippen molar-refractivity contribution in [3.05, 3.63) is 100 Å². The van der Waals surface area contributed by atoms with Gasteiger partial charge in [-0.2, -0.15) is 4.98 Å². The van der Waals surface area contributed by atoms with E-state index in [9.17, 15) is 14.4 Å². The van der Waals surface area contributed by atoms with Crippen molar-refractivity contribution in [3.8, 4) is 0 Å². The molecule has 1 unspecified atom stereocenters. The molecule has 0 spiro atoms. The van der Waals surface area contributed by atoms with E-state index in [1.807, 2.05) is 0 Å². The zero-order valence-electron chi connectivity index (χ0n) is 14.1. The predicted octanol–water partition coefficient (Wildman–Crippen LogP) is 2.36. The molecule has 1 atom stereocenters. The molecule has 0 bridgehead atoms. The second kappa shape index (κ2) is 7.57. The van der Waals surface area contributed by atoms with Crippen LogP contribution >= 0.6 is 0 Å². The highest BCUT2D eigenvalue weighted by atomic mass is 16.2. The number of ketones is 1. The molecular formula is C20H17N3O3. The number of aryl methyl sites for hydroxylation is 1. The van der Waals surface area contributed by atoms with Gasteiger partial charge in [0.25, 0.3) is 11.5 Å². The zero-order chi connectivity index (χ0) is 18.5. The van der Waals surface area contributed by atoms with Crippen LogP contribution in [0.25, 0.3) is 0 Å². The van der Waals surface area contributed by atoms with Crippen molar-refractivity contribution in [2.45, 2.75) is 13.1 Å². The lowest BCUT2D eigenvalue weighted by Gasteiger charge is -2.22. The first-order valence-corrected chi connectivity index (χ1v) is 8.06. The van der Waals surface area contributed by atoms with E-state index in [-0.39, 0.29) is 5.78 Å². The third-order valence-corrected chi connectivity index (χ3v) is 3.94. The average Bonchev–Trinajstić information content (AvgIpc) is 2.67. The number of aromatic nitrogens is 2. The minimum absolute atomic E-state index is 0.302. The van der Waals surface area contributed by atoms with Gasteiger partial charge in [-0.25, -0.2) is 0 Å². The molecule has 3 rings (SSSR count). The Kier molecular flexibility index (Phi) is 5.03. The van der Waals surface area contributed by atoms with Gasteiger partial charge < -0.3 is 9.88 Å². The second-order valence-corrected chi connectivity index (χ2v) is 5.75. The Labute approximate surface area is 150 Å². The molecule has 0 aliphatic carbocycles. The topological polar surface area (TPSA) is 81.1 Å². The van der Waals surface area contributed by atoms with E-state index in [1.54, 1.807) is 67.6 Å². The lowest BCUT2D eigenvalue weighted by Crippen LogP contribution is -2.39. The number of carbonyl (C=O) groups is 2. The molecule has 6 nitrogen and oxygen atoms in total. The summed E-state index contributed by atoms with van der Waals surface area (Å²) in [5, 5.41) is 2.74. The number of hydrogen-bond donors (Lipinski definition) is 1. The van der Waals surface area contributed by atoms with Crippen molar-refractivity contribution in [2.75, 3.05) is 0 Å². The summed E-state index contributed by atoms with van der Waals surface area (Å²) in [4.78, 5) is 40.8. The van der Waals surface area contributed by atoms with Crippen LogP contribution in [0, 0.1) is 6.92 Å². The van der Waals surface area contributed by atoms with E-state index in [2.05, 4.69) is 10.3 Å². The molecule has 1 heterocycles. The highest BCUT2D eigenvalue weighted by molar-refractivity contribution is 6.03. The van der Waals surface area contributed by atoms with Crippen molar-refractivity contribution >= 4 is 11.7 Å². The maximum atomic E-state index is 13.0. The molecule has 2 aromatic carbocycles. The Hall–Kier alpha value is -3.54. The summed E-state index contributed by atoms with van der Waals surface area (Å²) in [5.41, 5.74) is 1.00. The van der Waals surface area contributed by atoms with Crippen LogP contribution in [-0.2, 0) is 0 Å². The van der Waals surface area contributed by atoms with Crippen LogP contribution in [0.2, 0.25) is 0 Å². The van der Waals surface area contributed by atoms with Crippen LogP contribution in [0.4, 0.5) is 0 Å². The lowest BCUT2D eigenvalue weighted by atomic mass is 10.1. The van der Waals surface area contributed by atoms with Crippen molar-refractivity contribution in [2.24, 2.45) is 0 Å². The monoisotopic (exact) mass is 347 g/mol. The molecule has 0 radical (unpaired) electrons. The van der Waals surface area contributed by atoms with Crippen LogP contribution in [0.1, 0.15) is 32.6 Å². The molecule has 1 amide bonds. The van der Waals surface area contributed by atoms with E-state index in [0.717, 1.165) is 0 Å². The quantitative estimate of drug-likeness (QED) is 0.719. The van der Waals surface area contributed by atoms with Gasteiger partial charge in [0.05, 0.1) is 0 Å². The molecule has 26 heavy (non-hydrogen) atoms. The predicted molar refractivity (Wildman–Crippen MR) is 97.0 cm³/mol. The second-order valence-electron chi connectivity index (χ2n) is 5.75. The highest BCUT2D eigenvalue weighted by Crippen LogP contribution is 2.14. The number of nitrogens with one attached hydrogen (secondary N) is 1. The number of benzene rings is 2. The van der Waals surface area contributed by atoms with Gasteiger partial charge in [0.2, 0.25) is 5.78 Å². The van der Waals surface area contributed by atoms with Crippen molar-refractivity contribution in [1.29, 1.82) is 0 Å². The first-order chi connectivity index (χ1) is 12.6. The van der Waals surface area contributed by atoms with E-state index in [0.29, 0.717) is 16.8 Å². The summed E-state index contributed by atoms with van der Waals surface area (Å²) in [5.74, 6) is -0.693. The number of rotatable bonds is 5. The molecule has 0 aliphatic heterocycles. The minimum Gasteiger partial charge on any atom is -0.325 e. The molecule has 6 heteroatoms. The number of carbonyl (C=O) groups excluding carboxylic acids is 2. The van der Waals surface area contributed by atoms with Crippen LogP contribution < -0.4 is 10.9 Å². The van der Waals surface area contributed by atoms with Gasteiger partial charge in [-0.05, 0) is 19.1 Å². The van der Waals surface area contributed by atoms with Gasteiger partial charge >= 0.3 is 0 Å². The number of amides is 1. The first kappa shape index (κ1) is 17.3.